The molecule has 0 unspecified atom stereocenters. The predicted molar refractivity (Wildman–Crippen MR) is 61.7 cm³/mol. The summed E-state index contributed by atoms with van der Waals surface area (Å²) in [5.74, 6) is 0. The molecule has 88 valence electrons. The van der Waals surface area contributed by atoms with Gasteiger partial charge >= 0.3 is 0 Å². The Morgan fingerprint density at radius 2 is 2.06 bits per heavy atom. The molecule has 1 heterocycles. The van der Waals surface area contributed by atoms with Gasteiger partial charge in [-0.2, -0.15) is 0 Å². The van der Waals surface area contributed by atoms with Gasteiger partial charge in [-0.1, -0.05) is 29.3 Å². The monoisotopic (exact) mass is 262 g/mol. The quantitative estimate of drug-likeness (QED) is 0.891. The first-order valence-corrected chi connectivity index (χ1v) is 5.74. The third-order valence-electron chi connectivity index (χ3n) is 2.49. The van der Waals surface area contributed by atoms with E-state index in [0.29, 0.717) is 10.0 Å². The van der Waals surface area contributed by atoms with Crippen LogP contribution >= 0.6 is 23.2 Å². The van der Waals surface area contributed by atoms with Crippen molar-refractivity contribution in [1.29, 1.82) is 0 Å². The van der Waals surface area contributed by atoms with E-state index in [0.717, 1.165) is 5.56 Å². The summed E-state index contributed by atoms with van der Waals surface area (Å²) in [7, 11) is 0. The molecule has 0 amide bonds. The second kappa shape index (κ2) is 4.90. The molecule has 1 aliphatic rings. The van der Waals surface area contributed by atoms with E-state index in [4.69, 9.17) is 32.7 Å². The van der Waals surface area contributed by atoms with Gasteiger partial charge in [0, 0.05) is 15.6 Å². The molecule has 0 spiro atoms. The molecule has 1 saturated heterocycles. The SMILES string of the molecule is C[C@@H]1O[C@@H](CO)[C@H](c2ccc(Cl)cc2Cl)O1. The third-order valence-corrected chi connectivity index (χ3v) is 3.05. The molecule has 0 saturated carbocycles. The van der Waals surface area contributed by atoms with Crippen LogP contribution in [0.25, 0.3) is 0 Å². The van der Waals surface area contributed by atoms with Crippen molar-refractivity contribution in [2.45, 2.75) is 25.4 Å². The number of aliphatic hydroxyl groups excluding tert-OH is 1. The van der Waals surface area contributed by atoms with Gasteiger partial charge in [0.05, 0.1) is 6.61 Å². The summed E-state index contributed by atoms with van der Waals surface area (Å²) in [5.41, 5.74) is 0.787. The van der Waals surface area contributed by atoms with Crippen LogP contribution in [0.5, 0.6) is 0 Å². The molecule has 2 rings (SSSR count). The Balaban J connectivity index is 2.29. The highest BCUT2D eigenvalue weighted by Gasteiger charge is 2.35. The Bertz CT molecular complexity index is 383. The predicted octanol–water partition coefficient (Wildman–Crippen LogP) is 2.79. The molecule has 0 aliphatic carbocycles. The van der Waals surface area contributed by atoms with Gasteiger partial charge in [-0.3, -0.25) is 0 Å². The summed E-state index contributed by atoms with van der Waals surface area (Å²) in [6, 6.07) is 5.18. The van der Waals surface area contributed by atoms with E-state index in [1.54, 1.807) is 25.1 Å². The molecule has 1 aromatic rings. The van der Waals surface area contributed by atoms with E-state index in [2.05, 4.69) is 0 Å². The van der Waals surface area contributed by atoms with E-state index >= 15 is 0 Å². The van der Waals surface area contributed by atoms with Crippen LogP contribution in [0.4, 0.5) is 0 Å². The largest absolute Gasteiger partial charge is 0.394 e. The minimum Gasteiger partial charge on any atom is -0.394 e. The minimum atomic E-state index is -0.381. The van der Waals surface area contributed by atoms with Crippen molar-refractivity contribution in [3.05, 3.63) is 33.8 Å². The first kappa shape index (κ1) is 12.1. The van der Waals surface area contributed by atoms with Gasteiger partial charge in [0.2, 0.25) is 0 Å². The topological polar surface area (TPSA) is 38.7 Å². The highest BCUT2D eigenvalue weighted by molar-refractivity contribution is 6.35. The van der Waals surface area contributed by atoms with Gasteiger partial charge in [0.25, 0.3) is 0 Å². The van der Waals surface area contributed by atoms with Crippen LogP contribution in [0.1, 0.15) is 18.6 Å². The maximum atomic E-state index is 9.19. The van der Waals surface area contributed by atoms with Gasteiger partial charge in [-0.15, -0.1) is 0 Å². The standard InChI is InChI=1S/C11H12Cl2O3/c1-6-15-10(5-14)11(16-6)8-3-2-7(12)4-9(8)13/h2-4,6,10-11,14H,5H2,1H3/t6-,10+,11+/m1/s1. The zero-order valence-corrected chi connectivity index (χ0v) is 10.2. The van der Waals surface area contributed by atoms with Crippen LogP contribution < -0.4 is 0 Å². The van der Waals surface area contributed by atoms with Gasteiger partial charge < -0.3 is 14.6 Å². The molecule has 5 heteroatoms. The van der Waals surface area contributed by atoms with E-state index in [1.165, 1.54) is 0 Å². The maximum absolute atomic E-state index is 9.19. The van der Waals surface area contributed by atoms with E-state index in [1.807, 2.05) is 0 Å². The van der Waals surface area contributed by atoms with Crippen LogP contribution in [-0.4, -0.2) is 24.1 Å². The number of halogens is 2. The molecule has 1 fully saturated rings. The number of benzene rings is 1. The average molecular weight is 263 g/mol. The molecule has 3 atom stereocenters. The normalized spacial score (nSPS) is 29.6. The third kappa shape index (κ3) is 2.34. The molecule has 3 nitrogen and oxygen atoms in total. The van der Waals surface area contributed by atoms with Crippen molar-refractivity contribution in [2.24, 2.45) is 0 Å². The Kier molecular flexibility index (Phi) is 3.72. The highest BCUT2D eigenvalue weighted by Crippen LogP contribution is 2.36. The fourth-order valence-electron chi connectivity index (χ4n) is 1.79. The lowest BCUT2D eigenvalue weighted by atomic mass is 10.1. The second-order valence-electron chi connectivity index (χ2n) is 3.65. The van der Waals surface area contributed by atoms with Crippen molar-refractivity contribution < 1.29 is 14.6 Å². The lowest BCUT2D eigenvalue weighted by Crippen LogP contribution is -2.19. The first-order valence-electron chi connectivity index (χ1n) is 4.98. The fraction of sp³-hybridized carbons (Fsp3) is 0.455. The van der Waals surface area contributed by atoms with Crippen molar-refractivity contribution in [3.8, 4) is 0 Å². The van der Waals surface area contributed by atoms with Crippen LogP contribution in [0.15, 0.2) is 18.2 Å². The summed E-state index contributed by atoms with van der Waals surface area (Å²) in [6.45, 7) is 1.68. The summed E-state index contributed by atoms with van der Waals surface area (Å²) in [6.07, 6.45) is -1.06. The highest BCUT2D eigenvalue weighted by atomic mass is 35.5. The summed E-state index contributed by atoms with van der Waals surface area (Å²) < 4.78 is 11.0. The van der Waals surface area contributed by atoms with Gasteiger partial charge in [0.15, 0.2) is 6.29 Å². The number of aliphatic hydroxyl groups is 1. The molecule has 16 heavy (non-hydrogen) atoms. The second-order valence-corrected chi connectivity index (χ2v) is 4.49. The molecular formula is C11H12Cl2O3. The number of hydrogen-bond acceptors (Lipinski definition) is 3. The van der Waals surface area contributed by atoms with Gasteiger partial charge in [-0.05, 0) is 19.1 Å². The van der Waals surface area contributed by atoms with Crippen molar-refractivity contribution >= 4 is 23.2 Å². The maximum Gasteiger partial charge on any atom is 0.156 e. The van der Waals surface area contributed by atoms with E-state index < -0.39 is 0 Å². The number of rotatable bonds is 2. The average Bonchev–Trinajstić information content (AvgIpc) is 2.59. The Morgan fingerprint density at radius 1 is 1.31 bits per heavy atom. The first-order chi connectivity index (χ1) is 7.61. The van der Waals surface area contributed by atoms with Gasteiger partial charge in [-0.25, -0.2) is 0 Å². The molecular weight excluding hydrogens is 251 g/mol. The smallest absolute Gasteiger partial charge is 0.156 e. The number of hydrogen-bond donors (Lipinski definition) is 1. The zero-order chi connectivity index (χ0) is 11.7. The summed E-state index contributed by atoms with van der Waals surface area (Å²) in [4.78, 5) is 0. The van der Waals surface area contributed by atoms with Crippen molar-refractivity contribution in [2.75, 3.05) is 6.61 Å². The molecule has 0 radical (unpaired) electrons. The van der Waals surface area contributed by atoms with Crippen LogP contribution in [0, 0.1) is 0 Å². The molecule has 1 N–H and O–H groups in total. The van der Waals surface area contributed by atoms with Crippen LogP contribution in [-0.2, 0) is 9.47 Å². The summed E-state index contributed by atoms with van der Waals surface area (Å²) in [5, 5.41) is 10.3. The Labute approximate surface area is 104 Å². The fourth-order valence-corrected chi connectivity index (χ4v) is 2.30. The number of ether oxygens (including phenoxy) is 2. The van der Waals surface area contributed by atoms with Gasteiger partial charge in [0.1, 0.15) is 12.2 Å². The van der Waals surface area contributed by atoms with E-state index in [-0.39, 0.29) is 25.1 Å². The summed E-state index contributed by atoms with van der Waals surface area (Å²) >= 11 is 11.9. The minimum absolute atomic E-state index is 0.103. The van der Waals surface area contributed by atoms with Crippen LogP contribution in [0.2, 0.25) is 10.0 Å². The Hall–Kier alpha value is -0.320. The molecule has 1 aromatic carbocycles. The van der Waals surface area contributed by atoms with Crippen LogP contribution in [0.3, 0.4) is 0 Å². The lowest BCUT2D eigenvalue weighted by Gasteiger charge is -2.16. The molecule has 0 bridgehead atoms. The molecule has 0 aromatic heterocycles. The van der Waals surface area contributed by atoms with Crippen molar-refractivity contribution in [1.82, 2.24) is 0 Å². The molecule has 1 aliphatic heterocycles. The van der Waals surface area contributed by atoms with Crippen molar-refractivity contribution in [3.63, 3.8) is 0 Å². The van der Waals surface area contributed by atoms with E-state index in [9.17, 15) is 5.11 Å². The zero-order valence-electron chi connectivity index (χ0n) is 8.69. The Morgan fingerprint density at radius 3 is 2.69 bits per heavy atom. The lowest BCUT2D eigenvalue weighted by molar-refractivity contribution is -0.0563.